The van der Waals surface area contributed by atoms with Gasteiger partial charge in [0.25, 0.3) is 5.69 Å². The second kappa shape index (κ2) is 6.78. The maximum Gasteiger partial charge on any atom is 0.412 e. The lowest BCUT2D eigenvalue weighted by molar-refractivity contribution is -0.384. The van der Waals surface area contributed by atoms with Crippen molar-refractivity contribution in [1.82, 2.24) is 14.9 Å². The Bertz CT molecular complexity index is 873. The number of hydrogen-bond donors (Lipinski definition) is 1. The minimum Gasteiger partial charge on any atom is -0.410 e. The van der Waals surface area contributed by atoms with Gasteiger partial charge in [0.15, 0.2) is 0 Å². The average molecular weight is 326 g/mol. The number of pyridine rings is 1. The fourth-order valence-corrected chi connectivity index (χ4v) is 2.26. The Morgan fingerprint density at radius 3 is 2.79 bits per heavy atom. The molecule has 1 N–H and O–H groups in total. The van der Waals surface area contributed by atoms with Crippen molar-refractivity contribution in [2.24, 2.45) is 0 Å². The SMILES string of the molecule is O=C(NCCc1cnn2ccccc12)Oc1ccc([N+](=O)[O-])cc1. The van der Waals surface area contributed by atoms with Crippen LogP contribution in [0, 0.1) is 10.1 Å². The highest BCUT2D eigenvalue weighted by Crippen LogP contribution is 2.17. The van der Waals surface area contributed by atoms with E-state index in [0.29, 0.717) is 13.0 Å². The molecule has 3 aromatic rings. The molecule has 0 aliphatic heterocycles. The molecule has 2 aromatic heterocycles. The number of ether oxygens (including phenoxy) is 1. The molecule has 8 heteroatoms. The Kier molecular flexibility index (Phi) is 4.37. The van der Waals surface area contributed by atoms with Gasteiger partial charge in [0, 0.05) is 24.9 Å². The number of nitro groups is 1. The monoisotopic (exact) mass is 326 g/mol. The first-order valence-electron chi connectivity index (χ1n) is 7.25. The van der Waals surface area contributed by atoms with Crippen LogP contribution >= 0.6 is 0 Å². The fourth-order valence-electron chi connectivity index (χ4n) is 2.26. The van der Waals surface area contributed by atoms with Crippen LogP contribution < -0.4 is 10.1 Å². The molecule has 0 radical (unpaired) electrons. The number of amides is 1. The third kappa shape index (κ3) is 3.49. The molecule has 2 heterocycles. The van der Waals surface area contributed by atoms with E-state index in [0.717, 1.165) is 11.1 Å². The number of rotatable bonds is 5. The molecular formula is C16H14N4O4. The highest BCUT2D eigenvalue weighted by atomic mass is 16.6. The molecule has 0 fully saturated rings. The van der Waals surface area contributed by atoms with E-state index in [9.17, 15) is 14.9 Å². The summed E-state index contributed by atoms with van der Waals surface area (Å²) in [6.45, 7) is 0.391. The summed E-state index contributed by atoms with van der Waals surface area (Å²) in [4.78, 5) is 21.8. The van der Waals surface area contributed by atoms with Gasteiger partial charge < -0.3 is 10.1 Å². The van der Waals surface area contributed by atoms with Crippen molar-refractivity contribution in [3.05, 3.63) is 70.5 Å². The molecule has 8 nitrogen and oxygen atoms in total. The van der Waals surface area contributed by atoms with Gasteiger partial charge >= 0.3 is 6.09 Å². The first-order chi connectivity index (χ1) is 11.6. The van der Waals surface area contributed by atoms with Gasteiger partial charge in [0.2, 0.25) is 0 Å². The van der Waals surface area contributed by atoms with E-state index < -0.39 is 11.0 Å². The van der Waals surface area contributed by atoms with Crippen LogP contribution in [0.15, 0.2) is 54.9 Å². The summed E-state index contributed by atoms with van der Waals surface area (Å²) in [5.41, 5.74) is 1.95. The number of nitrogens with zero attached hydrogens (tertiary/aromatic N) is 3. The van der Waals surface area contributed by atoms with Gasteiger partial charge in [-0.1, -0.05) is 6.07 Å². The first-order valence-corrected chi connectivity index (χ1v) is 7.25. The molecule has 122 valence electrons. The molecule has 0 atom stereocenters. The zero-order chi connectivity index (χ0) is 16.9. The molecule has 0 aliphatic carbocycles. The van der Waals surface area contributed by atoms with E-state index in [2.05, 4.69) is 10.4 Å². The van der Waals surface area contributed by atoms with Gasteiger partial charge in [-0.2, -0.15) is 5.10 Å². The van der Waals surface area contributed by atoms with E-state index in [1.165, 1.54) is 24.3 Å². The predicted octanol–water partition coefficient (Wildman–Crippen LogP) is 2.57. The first kappa shape index (κ1) is 15.5. The summed E-state index contributed by atoms with van der Waals surface area (Å²) in [5, 5.41) is 17.4. The Morgan fingerprint density at radius 2 is 2.04 bits per heavy atom. The second-order valence-corrected chi connectivity index (χ2v) is 5.02. The summed E-state index contributed by atoms with van der Waals surface area (Å²) in [6.07, 6.45) is 3.62. The van der Waals surface area contributed by atoms with Crippen LogP contribution in [0.3, 0.4) is 0 Å². The van der Waals surface area contributed by atoms with Gasteiger partial charge in [-0.3, -0.25) is 10.1 Å². The lowest BCUT2D eigenvalue weighted by Crippen LogP contribution is -2.28. The van der Waals surface area contributed by atoms with Crippen molar-refractivity contribution < 1.29 is 14.5 Å². The molecule has 0 saturated heterocycles. The smallest absolute Gasteiger partial charge is 0.410 e. The van der Waals surface area contributed by atoms with Crippen molar-refractivity contribution in [3.8, 4) is 5.75 Å². The van der Waals surface area contributed by atoms with E-state index in [4.69, 9.17) is 4.74 Å². The molecule has 0 saturated carbocycles. The van der Waals surface area contributed by atoms with Gasteiger partial charge in [-0.25, -0.2) is 9.31 Å². The number of nitro benzene ring substituents is 1. The van der Waals surface area contributed by atoms with Crippen LogP contribution in [0.4, 0.5) is 10.5 Å². The molecule has 0 unspecified atom stereocenters. The van der Waals surface area contributed by atoms with Crippen LogP contribution in [-0.2, 0) is 6.42 Å². The van der Waals surface area contributed by atoms with Crippen LogP contribution in [-0.4, -0.2) is 27.2 Å². The number of fused-ring (bicyclic) bond motifs is 1. The third-order valence-electron chi connectivity index (χ3n) is 3.43. The lowest BCUT2D eigenvalue weighted by atomic mass is 10.2. The van der Waals surface area contributed by atoms with E-state index in [-0.39, 0.29) is 11.4 Å². The van der Waals surface area contributed by atoms with Crippen LogP contribution in [0.25, 0.3) is 5.52 Å². The molecule has 0 aliphatic rings. The van der Waals surface area contributed by atoms with Gasteiger partial charge in [0.1, 0.15) is 5.75 Å². The molecule has 0 bridgehead atoms. The zero-order valence-electron chi connectivity index (χ0n) is 12.6. The number of non-ortho nitro benzene ring substituents is 1. The Morgan fingerprint density at radius 1 is 1.25 bits per heavy atom. The number of nitrogens with one attached hydrogen (secondary N) is 1. The summed E-state index contributed by atoms with van der Waals surface area (Å²) < 4.78 is 6.83. The summed E-state index contributed by atoms with van der Waals surface area (Å²) in [6, 6.07) is 11.1. The van der Waals surface area contributed by atoms with Gasteiger partial charge in [-0.15, -0.1) is 0 Å². The van der Waals surface area contributed by atoms with Gasteiger partial charge in [0.05, 0.1) is 16.6 Å². The van der Waals surface area contributed by atoms with Crippen LogP contribution in [0.2, 0.25) is 0 Å². The normalized spacial score (nSPS) is 10.5. The number of carbonyl (C=O) groups excluding carboxylic acids is 1. The summed E-state index contributed by atoms with van der Waals surface area (Å²) in [7, 11) is 0. The molecule has 1 aromatic carbocycles. The quantitative estimate of drug-likeness (QED) is 0.574. The number of carbonyl (C=O) groups is 1. The minimum atomic E-state index is -0.611. The average Bonchev–Trinajstić information content (AvgIpc) is 2.99. The van der Waals surface area contributed by atoms with Crippen LogP contribution in [0.5, 0.6) is 5.75 Å². The zero-order valence-corrected chi connectivity index (χ0v) is 12.6. The predicted molar refractivity (Wildman–Crippen MR) is 86.0 cm³/mol. The summed E-state index contributed by atoms with van der Waals surface area (Å²) in [5.74, 6) is 0.245. The number of hydrogen-bond acceptors (Lipinski definition) is 5. The Labute approximate surface area is 136 Å². The largest absolute Gasteiger partial charge is 0.412 e. The maximum absolute atomic E-state index is 11.7. The van der Waals surface area contributed by atoms with Crippen molar-refractivity contribution in [2.75, 3.05) is 6.54 Å². The minimum absolute atomic E-state index is 0.0594. The molecule has 24 heavy (non-hydrogen) atoms. The van der Waals surface area contributed by atoms with Crippen molar-refractivity contribution in [3.63, 3.8) is 0 Å². The Balaban J connectivity index is 1.51. The van der Waals surface area contributed by atoms with E-state index >= 15 is 0 Å². The van der Waals surface area contributed by atoms with Crippen molar-refractivity contribution in [2.45, 2.75) is 6.42 Å². The van der Waals surface area contributed by atoms with Crippen LogP contribution in [0.1, 0.15) is 5.56 Å². The number of aromatic nitrogens is 2. The molecule has 1 amide bonds. The summed E-state index contributed by atoms with van der Waals surface area (Å²) >= 11 is 0. The van der Waals surface area contributed by atoms with E-state index in [1.807, 2.05) is 24.4 Å². The fraction of sp³-hybridized carbons (Fsp3) is 0.125. The number of benzene rings is 1. The molecule has 0 spiro atoms. The van der Waals surface area contributed by atoms with Crippen molar-refractivity contribution >= 4 is 17.3 Å². The van der Waals surface area contributed by atoms with E-state index in [1.54, 1.807) is 10.7 Å². The highest BCUT2D eigenvalue weighted by Gasteiger charge is 2.08. The molecular weight excluding hydrogens is 312 g/mol. The standard InChI is InChI=1S/C16H14N4O4/c21-16(24-14-6-4-13(5-7-14)20(22)23)17-9-8-12-11-18-19-10-2-1-3-15(12)19/h1-7,10-11H,8-9H2,(H,17,21). The third-order valence-corrected chi connectivity index (χ3v) is 3.43. The van der Waals surface area contributed by atoms with Crippen molar-refractivity contribution in [1.29, 1.82) is 0 Å². The highest BCUT2D eigenvalue weighted by molar-refractivity contribution is 5.70. The topological polar surface area (TPSA) is 98.8 Å². The maximum atomic E-state index is 11.7. The van der Waals surface area contributed by atoms with Gasteiger partial charge in [-0.05, 0) is 36.2 Å². The molecule has 3 rings (SSSR count). The second-order valence-electron chi connectivity index (χ2n) is 5.02. The Hall–Kier alpha value is -3.42. The lowest BCUT2D eigenvalue weighted by Gasteiger charge is -2.06.